The van der Waals surface area contributed by atoms with Gasteiger partial charge in [0.2, 0.25) is 0 Å². The largest absolute Gasteiger partial charge is 0.329 e. The van der Waals surface area contributed by atoms with Crippen LogP contribution in [0.2, 0.25) is 0 Å². The van der Waals surface area contributed by atoms with Gasteiger partial charge in [-0.05, 0) is 18.9 Å². The number of nitrogens with two attached hydrogens (primary N) is 1. The maximum atomic E-state index is 5.54. The molecule has 1 saturated heterocycles. The van der Waals surface area contributed by atoms with Crippen LogP contribution in [0, 0.1) is 5.92 Å². The molecule has 1 aliphatic rings. The first-order chi connectivity index (χ1) is 4.38. The molecular weight excluding hydrogens is 112 g/mol. The summed E-state index contributed by atoms with van der Waals surface area (Å²) in [7, 11) is 0. The second-order valence-electron chi connectivity index (χ2n) is 2.75. The zero-order valence-corrected chi connectivity index (χ0v) is 6.06. The standard InChI is InChI=1S/C7H16N2/c1-2-6-3-4-9-7(6)5-8/h6-7,9H,2-5,8H2,1H3/t6-,7-/m1/s1. The molecular formula is C7H16N2. The molecule has 0 saturated carbocycles. The first-order valence-corrected chi connectivity index (χ1v) is 3.82. The lowest BCUT2D eigenvalue weighted by Crippen LogP contribution is -2.34. The van der Waals surface area contributed by atoms with E-state index in [9.17, 15) is 0 Å². The Balaban J connectivity index is 2.32. The fourth-order valence-corrected chi connectivity index (χ4v) is 1.59. The fraction of sp³-hybridized carbons (Fsp3) is 1.00. The third-order valence-electron chi connectivity index (χ3n) is 2.27. The van der Waals surface area contributed by atoms with Gasteiger partial charge in [-0.1, -0.05) is 13.3 Å². The molecule has 0 spiro atoms. The molecule has 0 bridgehead atoms. The number of nitrogens with one attached hydrogen (secondary N) is 1. The molecule has 2 heteroatoms. The van der Waals surface area contributed by atoms with Crippen LogP contribution in [0.25, 0.3) is 0 Å². The molecule has 0 aromatic rings. The van der Waals surface area contributed by atoms with Gasteiger partial charge in [-0.25, -0.2) is 0 Å². The Morgan fingerprint density at radius 3 is 2.89 bits per heavy atom. The lowest BCUT2D eigenvalue weighted by Gasteiger charge is -2.14. The molecule has 2 atom stereocenters. The van der Waals surface area contributed by atoms with Crippen molar-refractivity contribution in [3.8, 4) is 0 Å². The van der Waals surface area contributed by atoms with Crippen molar-refractivity contribution in [3.63, 3.8) is 0 Å². The Labute approximate surface area is 56.8 Å². The third-order valence-corrected chi connectivity index (χ3v) is 2.27. The van der Waals surface area contributed by atoms with E-state index in [1.165, 1.54) is 19.4 Å². The maximum Gasteiger partial charge on any atom is 0.0218 e. The highest BCUT2D eigenvalue weighted by Gasteiger charge is 2.22. The summed E-state index contributed by atoms with van der Waals surface area (Å²) in [6, 6.07) is 0.606. The lowest BCUT2D eigenvalue weighted by molar-refractivity contribution is 0.442. The average molecular weight is 128 g/mol. The predicted octanol–water partition coefficient (Wildman–Crippen LogP) is 0.333. The van der Waals surface area contributed by atoms with Gasteiger partial charge in [0.25, 0.3) is 0 Å². The van der Waals surface area contributed by atoms with E-state index in [-0.39, 0.29) is 0 Å². The van der Waals surface area contributed by atoms with Crippen molar-refractivity contribution in [3.05, 3.63) is 0 Å². The van der Waals surface area contributed by atoms with Gasteiger partial charge >= 0.3 is 0 Å². The van der Waals surface area contributed by atoms with E-state index in [0.717, 1.165) is 12.5 Å². The van der Waals surface area contributed by atoms with Crippen LogP contribution in [0.3, 0.4) is 0 Å². The van der Waals surface area contributed by atoms with Gasteiger partial charge in [-0.2, -0.15) is 0 Å². The molecule has 9 heavy (non-hydrogen) atoms. The summed E-state index contributed by atoms with van der Waals surface area (Å²) in [6.07, 6.45) is 2.59. The van der Waals surface area contributed by atoms with Crippen molar-refractivity contribution in [1.82, 2.24) is 5.32 Å². The van der Waals surface area contributed by atoms with E-state index in [0.29, 0.717) is 6.04 Å². The van der Waals surface area contributed by atoms with Gasteiger partial charge in [0.1, 0.15) is 0 Å². The van der Waals surface area contributed by atoms with Gasteiger partial charge < -0.3 is 11.1 Å². The Bertz CT molecular complexity index is 73.0. The highest BCUT2D eigenvalue weighted by Crippen LogP contribution is 2.17. The smallest absolute Gasteiger partial charge is 0.0218 e. The van der Waals surface area contributed by atoms with Crippen molar-refractivity contribution in [1.29, 1.82) is 0 Å². The molecule has 0 unspecified atom stereocenters. The van der Waals surface area contributed by atoms with Crippen molar-refractivity contribution in [2.45, 2.75) is 25.8 Å². The highest BCUT2D eigenvalue weighted by molar-refractivity contribution is 4.82. The number of rotatable bonds is 2. The normalized spacial score (nSPS) is 35.3. The van der Waals surface area contributed by atoms with Crippen molar-refractivity contribution < 1.29 is 0 Å². The Morgan fingerprint density at radius 1 is 1.67 bits per heavy atom. The fourth-order valence-electron chi connectivity index (χ4n) is 1.59. The first kappa shape index (κ1) is 7.03. The van der Waals surface area contributed by atoms with Crippen LogP contribution in [-0.2, 0) is 0 Å². The van der Waals surface area contributed by atoms with Crippen LogP contribution in [0.15, 0.2) is 0 Å². The van der Waals surface area contributed by atoms with Crippen molar-refractivity contribution in [2.24, 2.45) is 11.7 Å². The monoisotopic (exact) mass is 128 g/mol. The molecule has 1 aliphatic heterocycles. The van der Waals surface area contributed by atoms with Crippen LogP contribution in [0.1, 0.15) is 19.8 Å². The Kier molecular flexibility index (Phi) is 2.49. The molecule has 1 heterocycles. The van der Waals surface area contributed by atoms with E-state index >= 15 is 0 Å². The van der Waals surface area contributed by atoms with E-state index in [1.807, 2.05) is 0 Å². The zero-order valence-electron chi connectivity index (χ0n) is 6.06. The minimum absolute atomic E-state index is 0.606. The second kappa shape index (κ2) is 3.18. The molecule has 1 rings (SSSR count). The third kappa shape index (κ3) is 1.43. The van der Waals surface area contributed by atoms with Gasteiger partial charge in [0.05, 0.1) is 0 Å². The van der Waals surface area contributed by atoms with E-state index in [2.05, 4.69) is 12.2 Å². The van der Waals surface area contributed by atoms with Crippen molar-refractivity contribution in [2.75, 3.05) is 13.1 Å². The summed E-state index contributed by atoms with van der Waals surface area (Å²) in [4.78, 5) is 0. The summed E-state index contributed by atoms with van der Waals surface area (Å²) in [5.41, 5.74) is 5.54. The summed E-state index contributed by atoms with van der Waals surface area (Å²) >= 11 is 0. The van der Waals surface area contributed by atoms with Gasteiger partial charge in [0.15, 0.2) is 0 Å². The SMILES string of the molecule is CC[C@@H]1CCN[C@@H]1CN. The molecule has 0 amide bonds. The topological polar surface area (TPSA) is 38.0 Å². The molecule has 0 radical (unpaired) electrons. The molecule has 0 aromatic heterocycles. The molecule has 3 N–H and O–H groups in total. The van der Waals surface area contributed by atoms with Crippen LogP contribution in [-0.4, -0.2) is 19.1 Å². The van der Waals surface area contributed by atoms with E-state index in [1.54, 1.807) is 0 Å². The Hall–Kier alpha value is -0.0800. The second-order valence-corrected chi connectivity index (χ2v) is 2.75. The van der Waals surface area contributed by atoms with Gasteiger partial charge in [-0.3, -0.25) is 0 Å². The molecule has 0 aliphatic carbocycles. The van der Waals surface area contributed by atoms with E-state index < -0.39 is 0 Å². The minimum Gasteiger partial charge on any atom is -0.329 e. The summed E-state index contributed by atoms with van der Waals surface area (Å²) in [5.74, 6) is 0.843. The van der Waals surface area contributed by atoms with Gasteiger partial charge in [0, 0.05) is 12.6 Å². The van der Waals surface area contributed by atoms with Crippen LogP contribution in [0.4, 0.5) is 0 Å². The molecule has 2 nitrogen and oxygen atoms in total. The molecule has 1 fully saturated rings. The zero-order chi connectivity index (χ0) is 6.69. The lowest BCUT2D eigenvalue weighted by atomic mass is 9.98. The van der Waals surface area contributed by atoms with Crippen LogP contribution < -0.4 is 11.1 Å². The minimum atomic E-state index is 0.606. The maximum absolute atomic E-state index is 5.54. The van der Waals surface area contributed by atoms with Crippen LogP contribution >= 0.6 is 0 Å². The summed E-state index contributed by atoms with van der Waals surface area (Å²) < 4.78 is 0. The summed E-state index contributed by atoms with van der Waals surface area (Å²) in [5, 5.41) is 3.38. The van der Waals surface area contributed by atoms with Crippen molar-refractivity contribution >= 4 is 0 Å². The number of hydrogen-bond donors (Lipinski definition) is 2. The summed E-state index contributed by atoms with van der Waals surface area (Å²) in [6.45, 7) is 4.21. The number of hydrogen-bond acceptors (Lipinski definition) is 2. The van der Waals surface area contributed by atoms with Crippen LogP contribution in [0.5, 0.6) is 0 Å². The molecule has 0 aromatic carbocycles. The van der Waals surface area contributed by atoms with E-state index in [4.69, 9.17) is 5.73 Å². The first-order valence-electron chi connectivity index (χ1n) is 3.82. The highest BCUT2D eigenvalue weighted by atomic mass is 15.0. The predicted molar refractivity (Wildman–Crippen MR) is 39.2 cm³/mol. The average Bonchev–Trinajstić information content (AvgIpc) is 2.33. The molecule has 54 valence electrons. The van der Waals surface area contributed by atoms with Gasteiger partial charge in [-0.15, -0.1) is 0 Å². The quantitative estimate of drug-likeness (QED) is 0.562. The Morgan fingerprint density at radius 2 is 2.44 bits per heavy atom.